The molecular formula is C10H19ClN2O2. The predicted molar refractivity (Wildman–Crippen MR) is 59.9 cm³/mol. The highest BCUT2D eigenvalue weighted by Gasteiger charge is 2.40. The number of rotatable bonds is 3. The van der Waals surface area contributed by atoms with Gasteiger partial charge in [0.25, 0.3) is 0 Å². The second kappa shape index (κ2) is 5.14. The van der Waals surface area contributed by atoms with E-state index in [4.69, 9.17) is 10.5 Å². The number of carbonyl (C=O) groups excluding carboxylic acids is 1. The standard InChI is InChI=1S/C10H18N2O2.ClH/c1-6(11)10(13)12-5-7-4-8-2-3-9(7)14-8;/h6-9H,2-5,11H2,1H3,(H,12,13);1H/t6-,7-,8-,9+;/m1./s1. The minimum atomic E-state index is -0.408. The maximum Gasteiger partial charge on any atom is 0.236 e. The van der Waals surface area contributed by atoms with E-state index in [-0.39, 0.29) is 18.3 Å². The second-order valence-corrected chi connectivity index (χ2v) is 4.40. The van der Waals surface area contributed by atoms with Crippen molar-refractivity contribution < 1.29 is 9.53 Å². The van der Waals surface area contributed by atoms with E-state index in [1.165, 1.54) is 6.42 Å². The molecule has 1 amide bonds. The number of nitrogens with one attached hydrogen (secondary N) is 1. The van der Waals surface area contributed by atoms with E-state index in [2.05, 4.69) is 5.32 Å². The number of ether oxygens (including phenoxy) is 1. The smallest absolute Gasteiger partial charge is 0.236 e. The molecule has 5 heteroatoms. The molecule has 2 aliphatic rings. The summed E-state index contributed by atoms with van der Waals surface area (Å²) < 4.78 is 5.70. The van der Waals surface area contributed by atoms with Crippen LogP contribution in [0.1, 0.15) is 26.2 Å². The van der Waals surface area contributed by atoms with Gasteiger partial charge in [-0.25, -0.2) is 0 Å². The Morgan fingerprint density at radius 1 is 1.60 bits per heavy atom. The van der Waals surface area contributed by atoms with Crippen molar-refractivity contribution in [1.82, 2.24) is 5.32 Å². The molecule has 0 unspecified atom stereocenters. The third-order valence-corrected chi connectivity index (χ3v) is 3.18. The fourth-order valence-corrected chi connectivity index (χ4v) is 2.35. The lowest BCUT2D eigenvalue weighted by atomic mass is 9.89. The molecule has 2 saturated heterocycles. The van der Waals surface area contributed by atoms with Gasteiger partial charge in [0.05, 0.1) is 18.2 Å². The van der Waals surface area contributed by atoms with Gasteiger partial charge in [-0.2, -0.15) is 0 Å². The molecule has 88 valence electrons. The van der Waals surface area contributed by atoms with E-state index in [0.29, 0.717) is 18.1 Å². The third kappa shape index (κ3) is 2.83. The molecule has 0 radical (unpaired) electrons. The maximum atomic E-state index is 11.2. The van der Waals surface area contributed by atoms with Crippen LogP contribution in [0.25, 0.3) is 0 Å². The van der Waals surface area contributed by atoms with Crippen LogP contribution in [0.4, 0.5) is 0 Å². The van der Waals surface area contributed by atoms with Crippen molar-refractivity contribution in [2.75, 3.05) is 6.54 Å². The fraction of sp³-hybridized carbons (Fsp3) is 0.900. The lowest BCUT2D eigenvalue weighted by molar-refractivity contribution is -0.122. The first kappa shape index (κ1) is 12.7. The van der Waals surface area contributed by atoms with Crippen molar-refractivity contribution in [3.8, 4) is 0 Å². The summed E-state index contributed by atoms with van der Waals surface area (Å²) in [5.41, 5.74) is 5.45. The first-order chi connectivity index (χ1) is 6.66. The predicted octanol–water partition coefficient (Wildman–Crippen LogP) is 0.439. The van der Waals surface area contributed by atoms with Crippen LogP contribution >= 0.6 is 12.4 Å². The number of hydrogen-bond acceptors (Lipinski definition) is 3. The molecule has 0 aromatic heterocycles. The van der Waals surface area contributed by atoms with Gasteiger partial charge >= 0.3 is 0 Å². The van der Waals surface area contributed by atoms with Gasteiger partial charge in [0.15, 0.2) is 0 Å². The third-order valence-electron chi connectivity index (χ3n) is 3.18. The summed E-state index contributed by atoms with van der Waals surface area (Å²) in [5.74, 6) is 0.448. The molecule has 4 atom stereocenters. The molecule has 3 N–H and O–H groups in total. The zero-order chi connectivity index (χ0) is 10.1. The van der Waals surface area contributed by atoms with E-state index in [9.17, 15) is 4.79 Å². The van der Waals surface area contributed by atoms with Crippen molar-refractivity contribution in [3.63, 3.8) is 0 Å². The molecule has 2 rings (SSSR count). The normalized spacial score (nSPS) is 34.7. The Morgan fingerprint density at radius 2 is 2.33 bits per heavy atom. The Kier molecular flexibility index (Phi) is 4.37. The van der Waals surface area contributed by atoms with Gasteiger partial charge in [-0.1, -0.05) is 0 Å². The van der Waals surface area contributed by atoms with E-state index in [0.717, 1.165) is 19.4 Å². The number of halogens is 1. The van der Waals surface area contributed by atoms with Crippen molar-refractivity contribution in [2.45, 2.75) is 44.4 Å². The van der Waals surface area contributed by atoms with Crippen LogP contribution in [0.15, 0.2) is 0 Å². The topological polar surface area (TPSA) is 64.4 Å². The fourth-order valence-electron chi connectivity index (χ4n) is 2.35. The maximum absolute atomic E-state index is 11.2. The molecule has 2 heterocycles. The van der Waals surface area contributed by atoms with E-state index in [1.54, 1.807) is 6.92 Å². The lowest BCUT2D eigenvalue weighted by Gasteiger charge is -2.19. The minimum absolute atomic E-state index is 0. The van der Waals surface area contributed by atoms with Crippen LogP contribution in [0.5, 0.6) is 0 Å². The van der Waals surface area contributed by atoms with Crippen molar-refractivity contribution >= 4 is 18.3 Å². The van der Waals surface area contributed by atoms with Gasteiger partial charge in [-0.05, 0) is 26.2 Å². The summed E-state index contributed by atoms with van der Waals surface area (Å²) in [5, 5.41) is 2.86. The Bertz CT molecular complexity index is 235. The van der Waals surface area contributed by atoms with Crippen molar-refractivity contribution in [3.05, 3.63) is 0 Å². The van der Waals surface area contributed by atoms with Crippen molar-refractivity contribution in [1.29, 1.82) is 0 Å². The van der Waals surface area contributed by atoms with E-state index < -0.39 is 6.04 Å². The highest BCUT2D eigenvalue weighted by atomic mass is 35.5. The molecule has 0 aromatic carbocycles. The van der Waals surface area contributed by atoms with Crippen LogP contribution in [-0.4, -0.2) is 30.7 Å². The van der Waals surface area contributed by atoms with Gasteiger partial charge < -0.3 is 15.8 Å². The largest absolute Gasteiger partial charge is 0.375 e. The average molecular weight is 235 g/mol. The molecule has 0 spiro atoms. The second-order valence-electron chi connectivity index (χ2n) is 4.40. The van der Waals surface area contributed by atoms with E-state index in [1.807, 2.05) is 0 Å². The monoisotopic (exact) mass is 234 g/mol. The summed E-state index contributed by atoms with van der Waals surface area (Å²) in [4.78, 5) is 11.2. The van der Waals surface area contributed by atoms with Gasteiger partial charge in [0.1, 0.15) is 0 Å². The molecule has 0 aliphatic carbocycles. The SMILES string of the molecule is C[C@@H](N)C(=O)NC[C@H]1C[C@H]2CC[C@@H]1O2.Cl. The summed E-state index contributed by atoms with van der Waals surface area (Å²) in [6.07, 6.45) is 4.29. The molecule has 0 saturated carbocycles. The van der Waals surface area contributed by atoms with Gasteiger partial charge in [0, 0.05) is 12.5 Å². The lowest BCUT2D eigenvalue weighted by Crippen LogP contribution is -2.41. The number of nitrogens with two attached hydrogens (primary N) is 1. The summed E-state index contributed by atoms with van der Waals surface area (Å²) in [7, 11) is 0. The van der Waals surface area contributed by atoms with Crippen LogP contribution in [-0.2, 0) is 9.53 Å². The molecule has 4 nitrogen and oxygen atoms in total. The number of amides is 1. The number of fused-ring (bicyclic) bond motifs is 2. The molecule has 0 aromatic rings. The van der Waals surface area contributed by atoms with Crippen LogP contribution < -0.4 is 11.1 Å². The quantitative estimate of drug-likeness (QED) is 0.745. The molecule has 15 heavy (non-hydrogen) atoms. The Balaban J connectivity index is 0.00000112. The molecule has 2 bridgehead atoms. The van der Waals surface area contributed by atoms with Gasteiger partial charge in [0.2, 0.25) is 5.91 Å². The van der Waals surface area contributed by atoms with Crippen molar-refractivity contribution in [2.24, 2.45) is 11.7 Å². The minimum Gasteiger partial charge on any atom is -0.375 e. The first-order valence-corrected chi connectivity index (χ1v) is 5.35. The summed E-state index contributed by atoms with van der Waals surface area (Å²) in [6.45, 7) is 2.42. The Labute approximate surface area is 96.3 Å². The number of carbonyl (C=O) groups is 1. The van der Waals surface area contributed by atoms with E-state index >= 15 is 0 Å². The highest BCUT2D eigenvalue weighted by Crippen LogP contribution is 2.38. The molecular weight excluding hydrogens is 216 g/mol. The van der Waals surface area contributed by atoms with Gasteiger partial charge in [-0.3, -0.25) is 4.79 Å². The molecule has 2 fully saturated rings. The van der Waals surface area contributed by atoms with Crippen LogP contribution in [0.2, 0.25) is 0 Å². The summed E-state index contributed by atoms with van der Waals surface area (Å²) >= 11 is 0. The zero-order valence-corrected chi connectivity index (χ0v) is 9.76. The highest BCUT2D eigenvalue weighted by molar-refractivity contribution is 5.85. The Morgan fingerprint density at radius 3 is 2.80 bits per heavy atom. The average Bonchev–Trinajstić information content (AvgIpc) is 2.74. The first-order valence-electron chi connectivity index (χ1n) is 5.35. The zero-order valence-electron chi connectivity index (χ0n) is 8.94. The number of hydrogen-bond donors (Lipinski definition) is 2. The van der Waals surface area contributed by atoms with Crippen LogP contribution in [0, 0.1) is 5.92 Å². The summed E-state index contributed by atoms with van der Waals surface area (Å²) in [6, 6.07) is -0.408. The molecule has 2 aliphatic heterocycles. The van der Waals surface area contributed by atoms with Gasteiger partial charge in [-0.15, -0.1) is 12.4 Å². The van der Waals surface area contributed by atoms with Crippen LogP contribution in [0.3, 0.4) is 0 Å². The Hall–Kier alpha value is -0.320.